The Bertz CT molecular complexity index is 114. The Balaban J connectivity index is 2.24. The molecule has 72 valence electrons. The van der Waals surface area contributed by atoms with E-state index in [0.29, 0.717) is 12.0 Å². The molecule has 0 spiro atoms. The minimum Gasteiger partial charge on any atom is -0.396 e. The lowest BCUT2D eigenvalue weighted by atomic mass is 9.82. The molecule has 1 heteroatoms. The Labute approximate surface area is 76.2 Å². The number of unbranched alkanes of at least 4 members (excludes halogenated alkanes) is 2. The van der Waals surface area contributed by atoms with Crippen molar-refractivity contribution in [3.63, 3.8) is 0 Å². The van der Waals surface area contributed by atoms with Gasteiger partial charge in [-0.1, -0.05) is 39.0 Å². The zero-order chi connectivity index (χ0) is 8.86. The summed E-state index contributed by atoms with van der Waals surface area (Å²) in [4.78, 5) is 0. The van der Waals surface area contributed by atoms with Crippen LogP contribution >= 0.6 is 0 Å². The summed E-state index contributed by atoms with van der Waals surface area (Å²) in [6.45, 7) is 2.66. The maximum atomic E-state index is 9.32. The first-order chi connectivity index (χ1) is 5.83. The van der Waals surface area contributed by atoms with Crippen molar-refractivity contribution in [2.75, 3.05) is 6.61 Å². The molecule has 0 bridgehead atoms. The average Bonchev–Trinajstić information content (AvgIpc) is 2.55. The van der Waals surface area contributed by atoms with Gasteiger partial charge in [-0.25, -0.2) is 0 Å². The summed E-state index contributed by atoms with van der Waals surface area (Å²) in [5.74, 6) is 0. The largest absolute Gasteiger partial charge is 0.396 e. The highest BCUT2D eigenvalue weighted by Gasteiger charge is 2.31. The molecular weight excluding hydrogens is 148 g/mol. The quantitative estimate of drug-likeness (QED) is 0.628. The summed E-state index contributed by atoms with van der Waals surface area (Å²) in [5.41, 5.74) is 0.342. The fourth-order valence-electron chi connectivity index (χ4n) is 2.36. The minimum atomic E-state index is 0.342. The van der Waals surface area contributed by atoms with Crippen molar-refractivity contribution in [3.8, 4) is 0 Å². The Morgan fingerprint density at radius 1 is 1.17 bits per heavy atom. The molecule has 0 aliphatic heterocycles. The predicted octanol–water partition coefficient (Wildman–Crippen LogP) is 3.12. The van der Waals surface area contributed by atoms with Crippen LogP contribution in [0.3, 0.4) is 0 Å². The number of aliphatic hydroxyl groups is 1. The van der Waals surface area contributed by atoms with Crippen LogP contribution in [-0.2, 0) is 0 Å². The standard InChI is InChI=1S/C11H22O/c1-2-3-4-7-11(10-12)8-5-6-9-11/h12H,2-10H2,1H3. The SMILES string of the molecule is CCCCCC1(CO)CCCC1. The average molecular weight is 170 g/mol. The molecule has 12 heavy (non-hydrogen) atoms. The third-order valence-corrected chi connectivity index (χ3v) is 3.31. The molecule has 1 rings (SSSR count). The van der Waals surface area contributed by atoms with E-state index in [1.807, 2.05) is 0 Å². The van der Waals surface area contributed by atoms with Gasteiger partial charge in [0, 0.05) is 6.61 Å². The number of rotatable bonds is 5. The fourth-order valence-corrected chi connectivity index (χ4v) is 2.36. The first kappa shape index (κ1) is 10.0. The number of hydrogen-bond acceptors (Lipinski definition) is 1. The van der Waals surface area contributed by atoms with Gasteiger partial charge < -0.3 is 5.11 Å². The highest BCUT2D eigenvalue weighted by Crippen LogP contribution is 2.41. The highest BCUT2D eigenvalue weighted by molar-refractivity contribution is 4.83. The molecule has 0 radical (unpaired) electrons. The molecular formula is C11H22O. The Morgan fingerprint density at radius 3 is 2.33 bits per heavy atom. The Kier molecular flexibility index (Phi) is 4.07. The molecule has 0 heterocycles. The van der Waals surface area contributed by atoms with Crippen molar-refractivity contribution in [3.05, 3.63) is 0 Å². The van der Waals surface area contributed by atoms with E-state index in [2.05, 4.69) is 6.92 Å². The lowest BCUT2D eigenvalue weighted by molar-refractivity contribution is 0.118. The lowest BCUT2D eigenvalue weighted by Gasteiger charge is -2.26. The van der Waals surface area contributed by atoms with E-state index in [0.717, 1.165) is 0 Å². The van der Waals surface area contributed by atoms with Gasteiger partial charge in [-0.15, -0.1) is 0 Å². The van der Waals surface area contributed by atoms with E-state index >= 15 is 0 Å². The van der Waals surface area contributed by atoms with Crippen molar-refractivity contribution < 1.29 is 5.11 Å². The summed E-state index contributed by atoms with van der Waals surface area (Å²) >= 11 is 0. The van der Waals surface area contributed by atoms with E-state index in [9.17, 15) is 5.11 Å². The van der Waals surface area contributed by atoms with Gasteiger partial charge in [-0.05, 0) is 24.7 Å². The molecule has 1 saturated carbocycles. The van der Waals surface area contributed by atoms with Gasteiger partial charge in [0.25, 0.3) is 0 Å². The van der Waals surface area contributed by atoms with Crippen molar-refractivity contribution in [2.24, 2.45) is 5.41 Å². The van der Waals surface area contributed by atoms with E-state index in [1.165, 1.54) is 51.4 Å². The highest BCUT2D eigenvalue weighted by atomic mass is 16.3. The molecule has 0 aromatic carbocycles. The second-order valence-corrected chi connectivity index (χ2v) is 4.32. The van der Waals surface area contributed by atoms with Crippen molar-refractivity contribution >= 4 is 0 Å². The summed E-state index contributed by atoms with van der Waals surface area (Å²) in [6.07, 6.45) is 10.4. The van der Waals surface area contributed by atoms with Gasteiger partial charge in [0.15, 0.2) is 0 Å². The molecule has 1 N–H and O–H groups in total. The summed E-state index contributed by atoms with van der Waals surface area (Å²) in [5, 5.41) is 9.32. The smallest absolute Gasteiger partial charge is 0.0487 e. The molecule has 1 aliphatic rings. The zero-order valence-electron chi connectivity index (χ0n) is 8.31. The molecule has 0 aromatic rings. The van der Waals surface area contributed by atoms with Crippen LogP contribution in [0.2, 0.25) is 0 Å². The Hall–Kier alpha value is -0.0400. The summed E-state index contributed by atoms with van der Waals surface area (Å²) < 4.78 is 0. The number of aliphatic hydroxyl groups excluding tert-OH is 1. The van der Waals surface area contributed by atoms with E-state index in [1.54, 1.807) is 0 Å². The molecule has 1 nitrogen and oxygen atoms in total. The topological polar surface area (TPSA) is 20.2 Å². The van der Waals surface area contributed by atoms with Crippen LogP contribution in [-0.4, -0.2) is 11.7 Å². The fraction of sp³-hybridized carbons (Fsp3) is 1.00. The monoisotopic (exact) mass is 170 g/mol. The number of hydrogen-bond donors (Lipinski definition) is 1. The van der Waals surface area contributed by atoms with Crippen LogP contribution < -0.4 is 0 Å². The molecule has 1 aliphatic carbocycles. The molecule has 0 saturated heterocycles. The van der Waals surface area contributed by atoms with Crippen LogP contribution in [0.4, 0.5) is 0 Å². The summed E-state index contributed by atoms with van der Waals surface area (Å²) in [6, 6.07) is 0. The first-order valence-electron chi connectivity index (χ1n) is 5.44. The Morgan fingerprint density at radius 2 is 1.83 bits per heavy atom. The lowest BCUT2D eigenvalue weighted by Crippen LogP contribution is -2.21. The van der Waals surface area contributed by atoms with Crippen LogP contribution in [0.1, 0.15) is 58.3 Å². The first-order valence-corrected chi connectivity index (χ1v) is 5.44. The van der Waals surface area contributed by atoms with Crippen LogP contribution in [0, 0.1) is 5.41 Å². The molecule has 0 atom stereocenters. The molecule has 0 amide bonds. The van der Waals surface area contributed by atoms with Crippen molar-refractivity contribution in [1.29, 1.82) is 0 Å². The summed E-state index contributed by atoms with van der Waals surface area (Å²) in [7, 11) is 0. The van der Waals surface area contributed by atoms with Crippen molar-refractivity contribution in [1.82, 2.24) is 0 Å². The normalized spacial score (nSPS) is 21.5. The van der Waals surface area contributed by atoms with Crippen LogP contribution in [0.5, 0.6) is 0 Å². The zero-order valence-corrected chi connectivity index (χ0v) is 8.31. The van der Waals surface area contributed by atoms with Gasteiger partial charge in [-0.2, -0.15) is 0 Å². The minimum absolute atomic E-state index is 0.342. The van der Waals surface area contributed by atoms with Gasteiger partial charge in [-0.3, -0.25) is 0 Å². The molecule has 0 unspecified atom stereocenters. The second kappa shape index (κ2) is 4.86. The van der Waals surface area contributed by atoms with E-state index < -0.39 is 0 Å². The van der Waals surface area contributed by atoms with Gasteiger partial charge in [0.1, 0.15) is 0 Å². The van der Waals surface area contributed by atoms with Gasteiger partial charge >= 0.3 is 0 Å². The maximum absolute atomic E-state index is 9.32. The van der Waals surface area contributed by atoms with Crippen molar-refractivity contribution in [2.45, 2.75) is 58.3 Å². The van der Waals surface area contributed by atoms with Gasteiger partial charge in [0.2, 0.25) is 0 Å². The predicted molar refractivity (Wildman–Crippen MR) is 52.1 cm³/mol. The van der Waals surface area contributed by atoms with Crippen LogP contribution in [0.25, 0.3) is 0 Å². The maximum Gasteiger partial charge on any atom is 0.0487 e. The molecule has 0 aromatic heterocycles. The van der Waals surface area contributed by atoms with Gasteiger partial charge in [0.05, 0.1) is 0 Å². The van der Waals surface area contributed by atoms with E-state index in [4.69, 9.17) is 0 Å². The van der Waals surface area contributed by atoms with E-state index in [-0.39, 0.29) is 0 Å². The third kappa shape index (κ3) is 2.48. The molecule has 1 fully saturated rings. The second-order valence-electron chi connectivity index (χ2n) is 4.32. The van der Waals surface area contributed by atoms with Crippen LogP contribution in [0.15, 0.2) is 0 Å². The third-order valence-electron chi connectivity index (χ3n) is 3.31.